The van der Waals surface area contributed by atoms with Crippen molar-refractivity contribution in [3.8, 4) is 0 Å². The number of methoxy groups -OCH3 is 1. The van der Waals surface area contributed by atoms with Crippen LogP contribution in [-0.4, -0.2) is 59.7 Å². The SMILES string of the molecule is CCCCC=CC=CO[C@H]1C(OC)O[C@H](CO)[C@@H](O)[C@@H]1O. The molecule has 1 rings (SSSR count). The Morgan fingerprint density at radius 3 is 2.57 bits per heavy atom. The number of rotatable bonds is 8. The molecule has 1 aliphatic rings. The van der Waals surface area contributed by atoms with Crippen LogP contribution in [0.15, 0.2) is 24.5 Å². The fourth-order valence-corrected chi connectivity index (χ4v) is 2.07. The van der Waals surface area contributed by atoms with Gasteiger partial charge in [0.25, 0.3) is 0 Å². The molecule has 0 aromatic carbocycles. The van der Waals surface area contributed by atoms with Gasteiger partial charge in [0.05, 0.1) is 12.9 Å². The highest BCUT2D eigenvalue weighted by molar-refractivity contribution is 5.00. The van der Waals surface area contributed by atoms with Crippen LogP contribution >= 0.6 is 0 Å². The summed E-state index contributed by atoms with van der Waals surface area (Å²) in [5.41, 5.74) is 0. The molecule has 122 valence electrons. The van der Waals surface area contributed by atoms with Crippen molar-refractivity contribution in [3.63, 3.8) is 0 Å². The van der Waals surface area contributed by atoms with E-state index < -0.39 is 37.3 Å². The number of allylic oxidation sites excluding steroid dienone is 3. The lowest BCUT2D eigenvalue weighted by Crippen LogP contribution is -2.59. The summed E-state index contributed by atoms with van der Waals surface area (Å²) in [6.45, 7) is 1.73. The summed E-state index contributed by atoms with van der Waals surface area (Å²) in [4.78, 5) is 0. The summed E-state index contributed by atoms with van der Waals surface area (Å²) in [6, 6.07) is 0. The van der Waals surface area contributed by atoms with Gasteiger partial charge in [-0.3, -0.25) is 0 Å². The Balaban J connectivity index is 2.51. The van der Waals surface area contributed by atoms with E-state index in [9.17, 15) is 10.2 Å². The van der Waals surface area contributed by atoms with Gasteiger partial charge >= 0.3 is 0 Å². The Hall–Kier alpha value is -0.920. The molecule has 21 heavy (non-hydrogen) atoms. The van der Waals surface area contributed by atoms with Crippen LogP contribution in [0.5, 0.6) is 0 Å². The molecule has 0 aromatic heterocycles. The van der Waals surface area contributed by atoms with Gasteiger partial charge in [-0.05, 0) is 12.5 Å². The molecule has 0 aromatic rings. The molecular formula is C15H26O6. The van der Waals surface area contributed by atoms with Crippen LogP contribution in [-0.2, 0) is 14.2 Å². The average Bonchev–Trinajstić information content (AvgIpc) is 2.50. The number of hydrogen-bond donors (Lipinski definition) is 3. The number of ether oxygens (including phenoxy) is 3. The topological polar surface area (TPSA) is 88.4 Å². The molecule has 0 saturated carbocycles. The molecule has 0 bridgehead atoms. The summed E-state index contributed by atoms with van der Waals surface area (Å²) >= 11 is 0. The maximum absolute atomic E-state index is 10.0. The van der Waals surface area contributed by atoms with Crippen molar-refractivity contribution in [1.29, 1.82) is 0 Å². The standard InChI is InChI=1S/C15H26O6/c1-3-4-5-6-7-8-9-20-14-13(18)12(17)11(10-16)21-15(14)19-2/h6-9,11-18H,3-5,10H2,1-2H3/t11-,12-,13+,14-,15?/m1/s1. The maximum atomic E-state index is 10.0. The monoisotopic (exact) mass is 302 g/mol. The highest BCUT2D eigenvalue weighted by atomic mass is 16.7. The molecule has 1 heterocycles. The fourth-order valence-electron chi connectivity index (χ4n) is 2.07. The molecule has 1 aliphatic heterocycles. The number of hydrogen-bond acceptors (Lipinski definition) is 6. The van der Waals surface area contributed by atoms with Crippen molar-refractivity contribution in [3.05, 3.63) is 24.5 Å². The van der Waals surface area contributed by atoms with E-state index in [0.717, 1.165) is 19.3 Å². The van der Waals surface area contributed by atoms with Crippen LogP contribution in [0.3, 0.4) is 0 Å². The third-order valence-corrected chi connectivity index (χ3v) is 3.34. The lowest BCUT2D eigenvalue weighted by atomic mass is 9.99. The van der Waals surface area contributed by atoms with Crippen LogP contribution in [0.1, 0.15) is 26.2 Å². The van der Waals surface area contributed by atoms with E-state index in [2.05, 4.69) is 6.92 Å². The lowest BCUT2D eigenvalue weighted by Gasteiger charge is -2.40. The molecule has 1 saturated heterocycles. The molecule has 6 heteroatoms. The first-order valence-electron chi connectivity index (χ1n) is 7.28. The first-order valence-corrected chi connectivity index (χ1v) is 7.28. The van der Waals surface area contributed by atoms with Gasteiger partial charge in [0, 0.05) is 7.11 Å². The van der Waals surface area contributed by atoms with E-state index in [4.69, 9.17) is 19.3 Å². The van der Waals surface area contributed by atoms with E-state index in [0.29, 0.717) is 0 Å². The molecule has 6 nitrogen and oxygen atoms in total. The quantitative estimate of drug-likeness (QED) is 0.348. The molecule has 0 aliphatic carbocycles. The van der Waals surface area contributed by atoms with Crippen LogP contribution in [0.25, 0.3) is 0 Å². The van der Waals surface area contributed by atoms with Crippen molar-refractivity contribution in [2.75, 3.05) is 13.7 Å². The minimum atomic E-state index is -1.22. The van der Waals surface area contributed by atoms with Crippen molar-refractivity contribution in [2.45, 2.75) is 56.9 Å². The summed E-state index contributed by atoms with van der Waals surface area (Å²) < 4.78 is 15.8. The average molecular weight is 302 g/mol. The molecule has 0 amide bonds. The van der Waals surface area contributed by atoms with Gasteiger partial charge in [-0.15, -0.1) is 0 Å². The van der Waals surface area contributed by atoms with Gasteiger partial charge in [0.1, 0.15) is 18.3 Å². The first-order chi connectivity index (χ1) is 10.2. The van der Waals surface area contributed by atoms with Gasteiger partial charge < -0.3 is 29.5 Å². The Bertz CT molecular complexity index is 328. The molecule has 0 radical (unpaired) electrons. The molecule has 1 unspecified atom stereocenters. The van der Waals surface area contributed by atoms with Crippen LogP contribution in [0.2, 0.25) is 0 Å². The zero-order valence-electron chi connectivity index (χ0n) is 12.6. The van der Waals surface area contributed by atoms with Crippen LogP contribution in [0, 0.1) is 0 Å². The van der Waals surface area contributed by atoms with Gasteiger partial charge in [-0.25, -0.2) is 0 Å². The van der Waals surface area contributed by atoms with Gasteiger partial charge in [0.2, 0.25) is 0 Å². The minimum Gasteiger partial charge on any atom is -0.490 e. The van der Waals surface area contributed by atoms with Crippen molar-refractivity contribution in [2.24, 2.45) is 0 Å². The highest BCUT2D eigenvalue weighted by Crippen LogP contribution is 2.24. The first kappa shape index (κ1) is 18.1. The second kappa shape index (κ2) is 9.92. The Morgan fingerprint density at radius 2 is 1.95 bits per heavy atom. The predicted octanol–water partition coefficient (Wildman–Crippen LogP) is 0.717. The number of aliphatic hydroxyl groups excluding tert-OH is 3. The van der Waals surface area contributed by atoms with E-state index in [1.165, 1.54) is 13.4 Å². The minimum absolute atomic E-state index is 0.402. The van der Waals surface area contributed by atoms with Crippen LogP contribution < -0.4 is 0 Å². The van der Waals surface area contributed by atoms with Gasteiger partial charge in [-0.2, -0.15) is 0 Å². The zero-order valence-corrected chi connectivity index (χ0v) is 12.6. The number of unbranched alkanes of at least 4 members (excludes halogenated alkanes) is 2. The van der Waals surface area contributed by atoms with E-state index >= 15 is 0 Å². The third kappa shape index (κ3) is 5.41. The third-order valence-electron chi connectivity index (χ3n) is 3.34. The largest absolute Gasteiger partial charge is 0.490 e. The highest BCUT2D eigenvalue weighted by Gasteiger charge is 2.45. The normalized spacial score (nSPS) is 33.9. The molecule has 0 spiro atoms. The lowest BCUT2D eigenvalue weighted by molar-refractivity contribution is -0.295. The van der Waals surface area contributed by atoms with Gasteiger partial charge in [0.15, 0.2) is 12.4 Å². The van der Waals surface area contributed by atoms with Crippen LogP contribution in [0.4, 0.5) is 0 Å². The van der Waals surface area contributed by atoms with E-state index in [1.807, 2.05) is 12.2 Å². The molecule has 1 fully saturated rings. The second-order valence-corrected chi connectivity index (χ2v) is 4.94. The van der Waals surface area contributed by atoms with E-state index in [-0.39, 0.29) is 0 Å². The van der Waals surface area contributed by atoms with Crippen molar-refractivity contribution >= 4 is 0 Å². The maximum Gasteiger partial charge on any atom is 0.197 e. The predicted molar refractivity (Wildman–Crippen MR) is 77.4 cm³/mol. The summed E-state index contributed by atoms with van der Waals surface area (Å²) in [5, 5.41) is 28.9. The van der Waals surface area contributed by atoms with Crippen molar-refractivity contribution in [1.82, 2.24) is 0 Å². The second-order valence-electron chi connectivity index (χ2n) is 4.94. The summed E-state index contributed by atoms with van der Waals surface area (Å²) in [7, 11) is 1.41. The Morgan fingerprint density at radius 1 is 1.19 bits per heavy atom. The summed E-state index contributed by atoms with van der Waals surface area (Å²) in [5.74, 6) is 0. The van der Waals surface area contributed by atoms with Gasteiger partial charge in [-0.1, -0.05) is 31.9 Å². The molecule has 5 atom stereocenters. The molecular weight excluding hydrogens is 276 g/mol. The molecule has 3 N–H and O–H groups in total. The van der Waals surface area contributed by atoms with Crippen molar-refractivity contribution < 1.29 is 29.5 Å². The zero-order chi connectivity index (χ0) is 15.7. The van der Waals surface area contributed by atoms with E-state index in [1.54, 1.807) is 6.08 Å². The number of aliphatic hydroxyl groups is 3. The summed E-state index contributed by atoms with van der Waals surface area (Å²) in [6.07, 6.45) is 5.31. The fraction of sp³-hybridized carbons (Fsp3) is 0.733. The Kier molecular flexibility index (Phi) is 8.56. The Labute approximate surface area is 125 Å². The smallest absolute Gasteiger partial charge is 0.197 e.